The Morgan fingerprint density at radius 3 is 2.60 bits per heavy atom. The van der Waals surface area contributed by atoms with Gasteiger partial charge in [0, 0.05) is 23.5 Å². The number of likely N-dealkylation sites (tertiary alicyclic amines) is 1. The number of hydrogen-bond acceptors (Lipinski definition) is 3. The van der Waals surface area contributed by atoms with Crippen LogP contribution in [0.4, 0.5) is 0 Å². The fourth-order valence-electron chi connectivity index (χ4n) is 4.78. The predicted molar refractivity (Wildman–Crippen MR) is 118 cm³/mol. The Balaban J connectivity index is 1.43. The minimum atomic E-state index is -0.583. The van der Waals surface area contributed by atoms with E-state index in [0.717, 1.165) is 55.3 Å². The van der Waals surface area contributed by atoms with Crippen molar-refractivity contribution in [2.75, 3.05) is 6.54 Å². The number of aliphatic hydroxyl groups is 1. The highest BCUT2D eigenvalue weighted by Gasteiger charge is 2.39. The van der Waals surface area contributed by atoms with Crippen molar-refractivity contribution in [2.45, 2.75) is 57.1 Å². The lowest BCUT2D eigenvalue weighted by Crippen LogP contribution is -2.43. The van der Waals surface area contributed by atoms with Crippen LogP contribution in [-0.2, 0) is 11.2 Å². The van der Waals surface area contributed by atoms with E-state index >= 15 is 0 Å². The highest BCUT2D eigenvalue weighted by atomic mass is 35.5. The molecule has 4 nitrogen and oxygen atoms in total. The van der Waals surface area contributed by atoms with Crippen molar-refractivity contribution in [2.24, 2.45) is 5.92 Å². The molecule has 2 aromatic rings. The predicted octanol–water partition coefficient (Wildman–Crippen LogP) is 4.96. The van der Waals surface area contributed by atoms with Crippen molar-refractivity contribution >= 4 is 17.5 Å². The smallest absolute Gasteiger partial charge is 0.226 e. The van der Waals surface area contributed by atoms with Crippen molar-refractivity contribution in [3.8, 4) is 17.2 Å². The Labute approximate surface area is 183 Å². The minimum Gasteiger partial charge on any atom is -0.390 e. The second-order valence-electron chi connectivity index (χ2n) is 8.95. The normalized spacial score (nSPS) is 26.6. The molecule has 0 spiro atoms. The highest BCUT2D eigenvalue weighted by Crippen LogP contribution is 2.35. The summed E-state index contributed by atoms with van der Waals surface area (Å²) < 4.78 is 0. The summed E-state index contributed by atoms with van der Waals surface area (Å²) in [6.45, 7) is 2.69. The van der Waals surface area contributed by atoms with E-state index in [1.807, 2.05) is 48.2 Å². The second-order valence-corrected chi connectivity index (χ2v) is 9.36. The molecule has 2 aliphatic rings. The van der Waals surface area contributed by atoms with Gasteiger partial charge in [-0.25, -0.2) is 0 Å². The molecule has 0 aromatic heterocycles. The van der Waals surface area contributed by atoms with E-state index in [4.69, 9.17) is 16.9 Å². The maximum absolute atomic E-state index is 13.0. The van der Waals surface area contributed by atoms with Crippen LogP contribution in [0.2, 0.25) is 5.02 Å². The third-order valence-corrected chi connectivity index (χ3v) is 7.02. The van der Waals surface area contributed by atoms with Gasteiger partial charge in [0.05, 0.1) is 17.2 Å². The summed E-state index contributed by atoms with van der Waals surface area (Å²) in [5.41, 5.74) is 2.95. The van der Waals surface area contributed by atoms with Gasteiger partial charge in [-0.2, -0.15) is 5.26 Å². The summed E-state index contributed by atoms with van der Waals surface area (Å²) in [5.74, 6) is 0.195. The van der Waals surface area contributed by atoms with E-state index in [2.05, 4.69) is 6.07 Å². The monoisotopic (exact) mass is 422 g/mol. The standard InChI is InChI=1S/C25H27ClN2O2/c1-25(30)10-7-22(8-11-25)28-12-9-21(24(28)29)14-20-6-5-19(15-23(20)26)18-4-2-3-17(13-18)16-27/h2-6,13,15,21-22,30H,7-12,14H2,1H3. The van der Waals surface area contributed by atoms with Gasteiger partial charge in [0.15, 0.2) is 0 Å². The lowest BCUT2D eigenvalue weighted by molar-refractivity contribution is -0.134. The molecule has 1 saturated carbocycles. The van der Waals surface area contributed by atoms with E-state index in [1.165, 1.54) is 0 Å². The van der Waals surface area contributed by atoms with Crippen molar-refractivity contribution in [1.82, 2.24) is 4.90 Å². The number of carbonyl (C=O) groups excluding carboxylic acids is 1. The fourth-order valence-corrected chi connectivity index (χ4v) is 5.03. The Kier molecular flexibility index (Phi) is 5.86. The number of rotatable bonds is 4. The topological polar surface area (TPSA) is 64.3 Å². The van der Waals surface area contributed by atoms with Gasteiger partial charge in [-0.1, -0.05) is 35.9 Å². The second kappa shape index (κ2) is 8.41. The molecular formula is C25H27ClN2O2. The number of nitrogens with zero attached hydrogens (tertiary/aromatic N) is 2. The van der Waals surface area contributed by atoms with Crippen LogP contribution in [-0.4, -0.2) is 34.1 Å². The third kappa shape index (κ3) is 4.38. The van der Waals surface area contributed by atoms with Gasteiger partial charge in [-0.15, -0.1) is 0 Å². The quantitative estimate of drug-likeness (QED) is 0.757. The number of hydrogen-bond donors (Lipinski definition) is 1. The number of amides is 1. The van der Waals surface area contributed by atoms with Crippen molar-refractivity contribution < 1.29 is 9.90 Å². The van der Waals surface area contributed by atoms with Crippen LogP contribution < -0.4 is 0 Å². The number of halogens is 1. The van der Waals surface area contributed by atoms with E-state index < -0.39 is 5.60 Å². The number of nitriles is 1. The van der Waals surface area contributed by atoms with Crippen LogP contribution >= 0.6 is 11.6 Å². The first-order valence-corrected chi connectivity index (χ1v) is 11.1. The first-order valence-electron chi connectivity index (χ1n) is 10.7. The molecule has 2 aromatic carbocycles. The molecule has 1 aliphatic heterocycles. The molecule has 1 unspecified atom stereocenters. The molecule has 1 aliphatic carbocycles. The number of benzene rings is 2. The van der Waals surface area contributed by atoms with Gasteiger partial charge in [-0.05, 0) is 80.3 Å². The fraction of sp³-hybridized carbons (Fsp3) is 0.440. The highest BCUT2D eigenvalue weighted by molar-refractivity contribution is 6.31. The molecular weight excluding hydrogens is 396 g/mol. The molecule has 4 rings (SSSR count). The first kappa shape index (κ1) is 20.9. The van der Waals surface area contributed by atoms with Crippen LogP contribution in [0.25, 0.3) is 11.1 Å². The van der Waals surface area contributed by atoms with Crippen LogP contribution in [0.15, 0.2) is 42.5 Å². The molecule has 1 N–H and O–H groups in total. The number of carbonyl (C=O) groups is 1. The van der Waals surface area contributed by atoms with Crippen LogP contribution in [0.3, 0.4) is 0 Å². The molecule has 1 heterocycles. The summed E-state index contributed by atoms with van der Waals surface area (Å²) >= 11 is 6.58. The maximum atomic E-state index is 13.0. The zero-order valence-corrected chi connectivity index (χ0v) is 18.0. The Bertz CT molecular complexity index is 985. The zero-order chi connectivity index (χ0) is 21.3. The largest absolute Gasteiger partial charge is 0.390 e. The Hall–Kier alpha value is -2.35. The molecule has 1 amide bonds. The average Bonchev–Trinajstić information content (AvgIpc) is 3.10. The average molecular weight is 423 g/mol. The van der Waals surface area contributed by atoms with E-state index in [0.29, 0.717) is 17.0 Å². The van der Waals surface area contributed by atoms with Crippen molar-refractivity contribution in [3.63, 3.8) is 0 Å². The molecule has 5 heteroatoms. The summed E-state index contributed by atoms with van der Waals surface area (Å²) in [5, 5.41) is 19.9. The summed E-state index contributed by atoms with van der Waals surface area (Å²) in [7, 11) is 0. The summed E-state index contributed by atoms with van der Waals surface area (Å²) in [4.78, 5) is 15.1. The van der Waals surface area contributed by atoms with E-state index in [1.54, 1.807) is 6.07 Å². The van der Waals surface area contributed by atoms with Gasteiger partial charge in [0.25, 0.3) is 0 Å². The maximum Gasteiger partial charge on any atom is 0.226 e. The van der Waals surface area contributed by atoms with Crippen molar-refractivity contribution in [3.05, 3.63) is 58.6 Å². The SMILES string of the molecule is CC1(O)CCC(N2CCC(Cc3ccc(-c4cccc(C#N)c4)cc3Cl)C2=O)CC1. The molecule has 0 radical (unpaired) electrons. The van der Waals surface area contributed by atoms with Gasteiger partial charge in [-0.3, -0.25) is 4.79 Å². The molecule has 156 valence electrons. The molecule has 1 atom stereocenters. The van der Waals surface area contributed by atoms with Gasteiger partial charge >= 0.3 is 0 Å². The van der Waals surface area contributed by atoms with Gasteiger partial charge in [0.1, 0.15) is 0 Å². The van der Waals surface area contributed by atoms with Crippen molar-refractivity contribution in [1.29, 1.82) is 5.26 Å². The van der Waals surface area contributed by atoms with Crippen LogP contribution in [0.5, 0.6) is 0 Å². The third-order valence-electron chi connectivity index (χ3n) is 6.67. The van der Waals surface area contributed by atoms with E-state index in [-0.39, 0.29) is 17.9 Å². The van der Waals surface area contributed by atoms with Crippen LogP contribution in [0, 0.1) is 17.2 Å². The van der Waals surface area contributed by atoms with E-state index in [9.17, 15) is 9.90 Å². The van der Waals surface area contributed by atoms with Gasteiger partial charge < -0.3 is 10.0 Å². The van der Waals surface area contributed by atoms with Crippen LogP contribution in [0.1, 0.15) is 50.2 Å². The Morgan fingerprint density at radius 2 is 1.90 bits per heavy atom. The first-order chi connectivity index (χ1) is 14.4. The minimum absolute atomic E-state index is 0.0299. The molecule has 2 fully saturated rings. The molecule has 1 saturated heterocycles. The molecule has 0 bridgehead atoms. The summed E-state index contributed by atoms with van der Waals surface area (Å²) in [6.07, 6.45) is 4.77. The lowest BCUT2D eigenvalue weighted by atomic mass is 9.83. The Morgan fingerprint density at radius 1 is 1.17 bits per heavy atom. The molecule has 30 heavy (non-hydrogen) atoms. The van der Waals surface area contributed by atoms with Gasteiger partial charge in [0.2, 0.25) is 5.91 Å². The zero-order valence-electron chi connectivity index (χ0n) is 17.3. The summed E-state index contributed by atoms with van der Waals surface area (Å²) in [6, 6.07) is 15.8. The lowest BCUT2D eigenvalue weighted by Gasteiger charge is -2.37.